The summed E-state index contributed by atoms with van der Waals surface area (Å²) in [6.45, 7) is 2.08. The number of halogens is 1. The molecule has 2 rings (SSSR count). The van der Waals surface area contributed by atoms with Gasteiger partial charge in [-0.2, -0.15) is 0 Å². The highest BCUT2D eigenvalue weighted by Gasteiger charge is 2.13. The van der Waals surface area contributed by atoms with Gasteiger partial charge in [0.25, 0.3) is 0 Å². The fraction of sp³-hybridized carbons (Fsp3) is 0.231. The summed E-state index contributed by atoms with van der Waals surface area (Å²) in [6, 6.07) is 5.77. The first kappa shape index (κ1) is 14.5. The summed E-state index contributed by atoms with van der Waals surface area (Å²) in [7, 11) is 1.60. The molecule has 0 bridgehead atoms. The van der Waals surface area contributed by atoms with Gasteiger partial charge in [-0.05, 0) is 40.0 Å². The van der Waals surface area contributed by atoms with Gasteiger partial charge >= 0.3 is 0 Å². The summed E-state index contributed by atoms with van der Waals surface area (Å²) < 4.78 is 11.6. The first-order chi connectivity index (χ1) is 9.69. The zero-order chi connectivity index (χ0) is 14.5. The Morgan fingerprint density at radius 1 is 1.30 bits per heavy atom. The number of hydrazine groups is 1. The average molecular weight is 339 g/mol. The molecule has 106 valence electrons. The molecule has 0 aliphatic rings. The molecule has 0 saturated heterocycles. The van der Waals surface area contributed by atoms with Gasteiger partial charge in [0.1, 0.15) is 10.8 Å². The molecule has 1 aromatic carbocycles. The van der Waals surface area contributed by atoms with Crippen LogP contribution in [-0.2, 0) is 6.42 Å². The molecule has 0 fully saturated rings. The van der Waals surface area contributed by atoms with E-state index in [1.807, 2.05) is 18.2 Å². The number of hydrogen-bond donors (Lipinski definition) is 2. The van der Waals surface area contributed by atoms with Crippen molar-refractivity contribution in [1.82, 2.24) is 9.97 Å². The van der Waals surface area contributed by atoms with Gasteiger partial charge in [0.2, 0.25) is 5.88 Å². The van der Waals surface area contributed by atoms with E-state index in [1.165, 1.54) is 11.9 Å². The highest BCUT2D eigenvalue weighted by atomic mass is 79.9. The summed E-state index contributed by atoms with van der Waals surface area (Å²) in [5.41, 5.74) is 3.63. The maximum Gasteiger partial charge on any atom is 0.239 e. The normalized spacial score (nSPS) is 10.2. The van der Waals surface area contributed by atoms with Gasteiger partial charge in [0.05, 0.1) is 7.11 Å². The van der Waals surface area contributed by atoms with E-state index in [9.17, 15) is 0 Å². The zero-order valence-corrected chi connectivity index (χ0v) is 12.8. The number of hydrogen-bond acceptors (Lipinski definition) is 6. The van der Waals surface area contributed by atoms with E-state index < -0.39 is 0 Å². The number of ether oxygens (including phenoxy) is 2. The number of nitrogens with two attached hydrogens (primary N) is 1. The van der Waals surface area contributed by atoms with E-state index in [4.69, 9.17) is 15.3 Å². The van der Waals surface area contributed by atoms with Crippen molar-refractivity contribution in [2.75, 3.05) is 12.5 Å². The number of nitrogens with zero attached hydrogens (tertiary/aromatic N) is 2. The molecule has 0 amide bonds. The number of rotatable bonds is 5. The fourth-order valence-electron chi connectivity index (χ4n) is 1.65. The molecule has 0 saturated carbocycles. The number of methoxy groups -OCH3 is 1. The van der Waals surface area contributed by atoms with Crippen LogP contribution in [0.25, 0.3) is 0 Å². The summed E-state index contributed by atoms with van der Waals surface area (Å²) in [6.07, 6.45) is 2.29. The van der Waals surface area contributed by atoms with Crippen molar-refractivity contribution in [3.8, 4) is 17.4 Å². The lowest BCUT2D eigenvalue weighted by molar-refractivity contribution is 0.372. The van der Waals surface area contributed by atoms with Crippen LogP contribution in [0.15, 0.2) is 29.0 Å². The molecule has 0 unspecified atom stereocenters. The van der Waals surface area contributed by atoms with Crippen LogP contribution in [0.2, 0.25) is 0 Å². The van der Waals surface area contributed by atoms with E-state index in [1.54, 1.807) is 7.11 Å². The third kappa shape index (κ3) is 3.00. The smallest absolute Gasteiger partial charge is 0.239 e. The van der Waals surface area contributed by atoms with Crippen molar-refractivity contribution >= 4 is 21.7 Å². The molecule has 20 heavy (non-hydrogen) atoms. The van der Waals surface area contributed by atoms with Crippen LogP contribution in [0.4, 0.5) is 5.82 Å². The molecule has 6 nitrogen and oxygen atoms in total. The van der Waals surface area contributed by atoms with Crippen LogP contribution >= 0.6 is 15.9 Å². The van der Waals surface area contributed by atoms with Crippen molar-refractivity contribution in [2.45, 2.75) is 13.3 Å². The minimum absolute atomic E-state index is 0.357. The largest absolute Gasteiger partial charge is 0.493 e. The van der Waals surface area contributed by atoms with Crippen LogP contribution in [0.3, 0.4) is 0 Å². The minimum Gasteiger partial charge on any atom is -0.493 e. The van der Waals surface area contributed by atoms with Crippen molar-refractivity contribution < 1.29 is 9.47 Å². The monoisotopic (exact) mass is 338 g/mol. The van der Waals surface area contributed by atoms with Crippen molar-refractivity contribution in [3.05, 3.63) is 34.6 Å². The molecule has 2 aromatic rings. The molecule has 7 heteroatoms. The Morgan fingerprint density at radius 2 is 2.10 bits per heavy atom. The number of anilines is 1. The summed E-state index contributed by atoms with van der Waals surface area (Å²) in [5, 5.41) is 0. The van der Waals surface area contributed by atoms with Crippen LogP contribution in [-0.4, -0.2) is 17.1 Å². The molecule has 1 heterocycles. The minimum atomic E-state index is 0.357. The van der Waals surface area contributed by atoms with E-state index >= 15 is 0 Å². The van der Waals surface area contributed by atoms with Gasteiger partial charge in [-0.15, -0.1) is 0 Å². The second-order valence-corrected chi connectivity index (χ2v) is 4.72. The predicted octanol–water partition coefficient (Wildman–Crippen LogP) is 2.89. The van der Waals surface area contributed by atoms with Gasteiger partial charge in [-0.1, -0.05) is 13.0 Å². The number of nitrogen functional groups attached to an aromatic ring is 1. The Bertz CT molecular complexity index is 607. The van der Waals surface area contributed by atoms with E-state index in [2.05, 4.69) is 38.2 Å². The highest BCUT2D eigenvalue weighted by molar-refractivity contribution is 9.10. The molecule has 0 aliphatic carbocycles. The molecule has 3 N–H and O–H groups in total. The standard InChI is InChI=1S/C13H15BrN4O2/c1-3-8-4-5-9(10(6-8)19-2)20-13-11(14)12(18-15)16-7-17-13/h4-7H,3,15H2,1-2H3,(H,16,17,18). The Hall–Kier alpha value is -1.86. The third-order valence-electron chi connectivity index (χ3n) is 2.74. The second kappa shape index (κ2) is 6.53. The summed E-state index contributed by atoms with van der Waals surface area (Å²) in [4.78, 5) is 8.03. The Balaban J connectivity index is 2.35. The van der Waals surface area contributed by atoms with Crippen LogP contribution in [0, 0.1) is 0 Å². The first-order valence-corrected chi connectivity index (χ1v) is 6.80. The van der Waals surface area contributed by atoms with Crippen molar-refractivity contribution in [1.29, 1.82) is 0 Å². The summed E-state index contributed by atoms with van der Waals surface area (Å²) in [5.74, 6) is 7.38. The van der Waals surface area contributed by atoms with E-state index in [0.717, 1.165) is 6.42 Å². The molecular weight excluding hydrogens is 324 g/mol. The lowest BCUT2D eigenvalue weighted by atomic mass is 10.1. The molecule has 0 radical (unpaired) electrons. The molecule has 0 atom stereocenters. The average Bonchev–Trinajstić information content (AvgIpc) is 2.49. The number of benzene rings is 1. The molecular formula is C13H15BrN4O2. The van der Waals surface area contributed by atoms with E-state index in [0.29, 0.717) is 27.7 Å². The Labute approximate surface area is 125 Å². The first-order valence-electron chi connectivity index (χ1n) is 6.01. The Kier molecular flexibility index (Phi) is 4.75. The number of nitrogens with one attached hydrogen (secondary N) is 1. The molecule has 0 aliphatic heterocycles. The molecule has 1 aromatic heterocycles. The quantitative estimate of drug-likeness (QED) is 0.644. The number of aromatic nitrogens is 2. The van der Waals surface area contributed by atoms with Gasteiger partial charge in [0.15, 0.2) is 17.3 Å². The lowest BCUT2D eigenvalue weighted by Crippen LogP contribution is -2.10. The maximum absolute atomic E-state index is 5.75. The predicted molar refractivity (Wildman–Crippen MR) is 80.0 cm³/mol. The van der Waals surface area contributed by atoms with Gasteiger partial charge in [-0.3, -0.25) is 0 Å². The van der Waals surface area contributed by atoms with Crippen LogP contribution in [0.5, 0.6) is 17.4 Å². The van der Waals surface area contributed by atoms with Crippen LogP contribution in [0.1, 0.15) is 12.5 Å². The van der Waals surface area contributed by atoms with Crippen molar-refractivity contribution in [3.63, 3.8) is 0 Å². The number of aryl methyl sites for hydroxylation is 1. The van der Waals surface area contributed by atoms with Crippen molar-refractivity contribution in [2.24, 2.45) is 5.84 Å². The Morgan fingerprint density at radius 3 is 2.75 bits per heavy atom. The van der Waals surface area contributed by atoms with Gasteiger partial charge in [0, 0.05) is 0 Å². The van der Waals surface area contributed by atoms with E-state index in [-0.39, 0.29) is 0 Å². The third-order valence-corrected chi connectivity index (χ3v) is 3.45. The zero-order valence-electron chi connectivity index (χ0n) is 11.2. The fourth-order valence-corrected chi connectivity index (χ4v) is 2.05. The highest BCUT2D eigenvalue weighted by Crippen LogP contribution is 2.36. The maximum atomic E-state index is 5.75. The van der Waals surface area contributed by atoms with Crippen LogP contribution < -0.4 is 20.7 Å². The van der Waals surface area contributed by atoms with Gasteiger partial charge < -0.3 is 14.9 Å². The lowest BCUT2D eigenvalue weighted by Gasteiger charge is -2.12. The second-order valence-electron chi connectivity index (χ2n) is 3.93. The topological polar surface area (TPSA) is 82.3 Å². The van der Waals surface area contributed by atoms with Gasteiger partial charge in [-0.25, -0.2) is 15.8 Å². The SMILES string of the molecule is CCc1ccc(Oc2ncnc(NN)c2Br)c(OC)c1. The summed E-state index contributed by atoms with van der Waals surface area (Å²) >= 11 is 3.34. The molecule has 0 spiro atoms.